The Morgan fingerprint density at radius 1 is 1.50 bits per heavy atom. The van der Waals surface area contributed by atoms with Crippen molar-refractivity contribution in [1.82, 2.24) is 14.9 Å². The van der Waals surface area contributed by atoms with Crippen LogP contribution in [0.4, 0.5) is 0 Å². The van der Waals surface area contributed by atoms with Gasteiger partial charge in [-0.15, -0.1) is 0 Å². The second kappa shape index (κ2) is 6.01. The summed E-state index contributed by atoms with van der Waals surface area (Å²) in [5.41, 5.74) is -0.681. The van der Waals surface area contributed by atoms with E-state index in [4.69, 9.17) is 0 Å². The van der Waals surface area contributed by atoms with Crippen LogP contribution in [0.2, 0.25) is 0 Å². The van der Waals surface area contributed by atoms with Crippen LogP contribution in [0.3, 0.4) is 0 Å². The number of aliphatic hydroxyl groups is 1. The van der Waals surface area contributed by atoms with Crippen molar-refractivity contribution in [2.24, 2.45) is 7.05 Å². The highest BCUT2D eigenvalue weighted by Gasteiger charge is 2.22. The first-order valence-corrected chi connectivity index (χ1v) is 5.94. The predicted molar refractivity (Wildman–Crippen MR) is 65.3 cm³/mol. The number of aryl methyl sites for hydroxylation is 1. The van der Waals surface area contributed by atoms with Crippen LogP contribution in [0.1, 0.15) is 32.5 Å². The van der Waals surface area contributed by atoms with Gasteiger partial charge in [0.15, 0.2) is 0 Å². The third-order valence-corrected chi connectivity index (χ3v) is 2.73. The van der Waals surface area contributed by atoms with Gasteiger partial charge in [-0.2, -0.15) is 0 Å². The quantitative estimate of drug-likeness (QED) is 0.683. The van der Waals surface area contributed by atoms with E-state index in [1.807, 2.05) is 24.7 Å². The Balaban J connectivity index is 2.36. The summed E-state index contributed by atoms with van der Waals surface area (Å²) in [5.74, 6) is 0.931. The van der Waals surface area contributed by atoms with Gasteiger partial charge in [0.2, 0.25) is 0 Å². The highest BCUT2D eigenvalue weighted by Crippen LogP contribution is 2.14. The standard InChI is InChI=1S/C12H23N3O/c1-4-6-13-7-5-12(2,16)10-11-14-8-9-15(11)3/h8-9,13,16H,4-7,10H2,1-3H3. The van der Waals surface area contributed by atoms with Gasteiger partial charge in [0.05, 0.1) is 5.60 Å². The van der Waals surface area contributed by atoms with E-state index in [9.17, 15) is 5.11 Å². The van der Waals surface area contributed by atoms with Crippen molar-refractivity contribution < 1.29 is 5.11 Å². The molecule has 0 saturated carbocycles. The molecule has 4 nitrogen and oxygen atoms in total. The fourth-order valence-electron chi connectivity index (χ4n) is 1.66. The topological polar surface area (TPSA) is 50.1 Å². The molecule has 1 unspecified atom stereocenters. The summed E-state index contributed by atoms with van der Waals surface area (Å²) < 4.78 is 1.95. The van der Waals surface area contributed by atoms with Crippen molar-refractivity contribution in [2.75, 3.05) is 13.1 Å². The largest absolute Gasteiger partial charge is 0.390 e. The normalized spacial score (nSPS) is 15.0. The predicted octanol–water partition coefficient (Wildman–Crippen LogP) is 1.10. The van der Waals surface area contributed by atoms with Crippen molar-refractivity contribution in [1.29, 1.82) is 0 Å². The van der Waals surface area contributed by atoms with Crippen LogP contribution >= 0.6 is 0 Å². The number of hydrogen-bond donors (Lipinski definition) is 2. The maximum absolute atomic E-state index is 10.2. The number of aromatic nitrogens is 2. The van der Waals surface area contributed by atoms with E-state index in [2.05, 4.69) is 17.2 Å². The summed E-state index contributed by atoms with van der Waals surface area (Å²) in [6, 6.07) is 0. The Morgan fingerprint density at radius 3 is 2.81 bits per heavy atom. The lowest BCUT2D eigenvalue weighted by Crippen LogP contribution is -2.33. The third kappa shape index (κ3) is 4.33. The number of imidazole rings is 1. The van der Waals surface area contributed by atoms with Gasteiger partial charge in [-0.1, -0.05) is 6.92 Å². The Hall–Kier alpha value is -0.870. The Kier molecular flexibility index (Phi) is 4.96. The Labute approximate surface area is 97.7 Å². The van der Waals surface area contributed by atoms with Crippen LogP contribution < -0.4 is 5.32 Å². The number of hydrogen-bond acceptors (Lipinski definition) is 3. The minimum Gasteiger partial charge on any atom is -0.390 e. The molecule has 92 valence electrons. The summed E-state index contributed by atoms with van der Waals surface area (Å²) in [6.45, 7) is 5.87. The summed E-state index contributed by atoms with van der Waals surface area (Å²) in [5, 5.41) is 13.5. The molecule has 0 spiro atoms. The lowest BCUT2D eigenvalue weighted by atomic mass is 9.97. The van der Waals surface area contributed by atoms with E-state index in [-0.39, 0.29) is 0 Å². The summed E-state index contributed by atoms with van der Waals surface area (Å²) in [7, 11) is 1.95. The molecule has 2 N–H and O–H groups in total. The SMILES string of the molecule is CCCNCCC(C)(O)Cc1nccn1C. The minimum atomic E-state index is -0.681. The fraction of sp³-hybridized carbons (Fsp3) is 0.750. The van der Waals surface area contributed by atoms with Crippen molar-refractivity contribution >= 4 is 0 Å². The van der Waals surface area contributed by atoms with Crippen LogP contribution in [0.25, 0.3) is 0 Å². The zero-order valence-corrected chi connectivity index (χ0v) is 10.5. The lowest BCUT2D eigenvalue weighted by Gasteiger charge is -2.23. The van der Waals surface area contributed by atoms with Gasteiger partial charge >= 0.3 is 0 Å². The first-order chi connectivity index (χ1) is 7.55. The van der Waals surface area contributed by atoms with Gasteiger partial charge in [0, 0.05) is 25.9 Å². The first-order valence-electron chi connectivity index (χ1n) is 5.94. The zero-order chi connectivity index (χ0) is 12.0. The molecule has 1 heterocycles. The van der Waals surface area contributed by atoms with Crippen molar-refractivity contribution in [3.05, 3.63) is 18.2 Å². The summed E-state index contributed by atoms with van der Waals surface area (Å²) in [4.78, 5) is 4.23. The van der Waals surface area contributed by atoms with E-state index in [0.717, 1.165) is 31.8 Å². The van der Waals surface area contributed by atoms with Gasteiger partial charge in [-0.25, -0.2) is 4.98 Å². The molecular weight excluding hydrogens is 202 g/mol. The van der Waals surface area contributed by atoms with Gasteiger partial charge in [-0.3, -0.25) is 0 Å². The fourth-order valence-corrected chi connectivity index (χ4v) is 1.66. The maximum atomic E-state index is 10.2. The summed E-state index contributed by atoms with van der Waals surface area (Å²) in [6.07, 6.45) is 6.15. The van der Waals surface area contributed by atoms with Crippen molar-refractivity contribution in [3.63, 3.8) is 0 Å². The molecule has 0 aromatic carbocycles. The molecule has 0 aliphatic rings. The summed E-state index contributed by atoms with van der Waals surface area (Å²) >= 11 is 0. The van der Waals surface area contributed by atoms with Gasteiger partial charge in [0.1, 0.15) is 5.82 Å². The molecule has 1 rings (SSSR count). The molecule has 0 aliphatic carbocycles. The van der Waals surface area contributed by atoms with E-state index in [1.165, 1.54) is 0 Å². The molecule has 0 aliphatic heterocycles. The van der Waals surface area contributed by atoms with Gasteiger partial charge in [0.25, 0.3) is 0 Å². The molecule has 0 radical (unpaired) electrons. The Bertz CT molecular complexity index is 307. The molecule has 0 amide bonds. The van der Waals surface area contributed by atoms with Crippen LogP contribution in [0.5, 0.6) is 0 Å². The molecule has 16 heavy (non-hydrogen) atoms. The molecular formula is C12H23N3O. The molecule has 1 aromatic heterocycles. The van der Waals surface area contributed by atoms with Crippen LogP contribution in [-0.4, -0.2) is 33.3 Å². The third-order valence-electron chi connectivity index (χ3n) is 2.73. The molecule has 0 saturated heterocycles. The van der Waals surface area contributed by atoms with Crippen LogP contribution in [0.15, 0.2) is 12.4 Å². The van der Waals surface area contributed by atoms with Crippen LogP contribution in [-0.2, 0) is 13.5 Å². The van der Waals surface area contributed by atoms with E-state index in [0.29, 0.717) is 6.42 Å². The number of nitrogens with zero attached hydrogens (tertiary/aromatic N) is 2. The van der Waals surface area contributed by atoms with Gasteiger partial charge in [-0.05, 0) is 32.9 Å². The zero-order valence-electron chi connectivity index (χ0n) is 10.5. The number of rotatable bonds is 7. The average molecular weight is 225 g/mol. The molecule has 4 heteroatoms. The van der Waals surface area contributed by atoms with Crippen molar-refractivity contribution in [2.45, 2.75) is 38.7 Å². The van der Waals surface area contributed by atoms with E-state index < -0.39 is 5.60 Å². The van der Waals surface area contributed by atoms with Crippen LogP contribution in [0, 0.1) is 0 Å². The highest BCUT2D eigenvalue weighted by molar-refractivity contribution is 4.96. The smallest absolute Gasteiger partial charge is 0.111 e. The first kappa shape index (κ1) is 13.2. The van der Waals surface area contributed by atoms with Crippen molar-refractivity contribution in [3.8, 4) is 0 Å². The highest BCUT2D eigenvalue weighted by atomic mass is 16.3. The maximum Gasteiger partial charge on any atom is 0.111 e. The molecule has 0 fully saturated rings. The second-order valence-electron chi connectivity index (χ2n) is 4.63. The second-order valence-corrected chi connectivity index (χ2v) is 4.63. The van der Waals surface area contributed by atoms with Gasteiger partial charge < -0.3 is 15.0 Å². The lowest BCUT2D eigenvalue weighted by molar-refractivity contribution is 0.0489. The average Bonchev–Trinajstić information content (AvgIpc) is 2.59. The minimum absolute atomic E-state index is 0.601. The molecule has 0 bridgehead atoms. The van der Waals surface area contributed by atoms with E-state index in [1.54, 1.807) is 6.20 Å². The monoisotopic (exact) mass is 225 g/mol. The Morgan fingerprint density at radius 2 is 2.25 bits per heavy atom. The molecule has 1 aromatic rings. The number of nitrogens with one attached hydrogen (secondary N) is 1. The van der Waals surface area contributed by atoms with E-state index >= 15 is 0 Å². The molecule has 1 atom stereocenters.